The number of benzene rings is 2. The van der Waals surface area contributed by atoms with Crippen molar-refractivity contribution in [1.82, 2.24) is 4.31 Å². The predicted octanol–water partition coefficient (Wildman–Crippen LogP) is 2.70. The quantitative estimate of drug-likeness (QED) is 0.931. The average Bonchev–Trinajstić information content (AvgIpc) is 2.54. The molecule has 2 aromatic carbocycles. The van der Waals surface area contributed by atoms with Crippen molar-refractivity contribution in [3.8, 4) is 0 Å². The summed E-state index contributed by atoms with van der Waals surface area (Å²) in [6.45, 7) is 4.16. The molecular formula is C18H20N2O3S. The molecule has 5 nitrogen and oxygen atoms in total. The Morgan fingerprint density at radius 1 is 1.08 bits per heavy atom. The SMILES string of the molecule is CC(=O)Nc1ccc2c(c1)CN(S(=O)(=O)c1ccc(C)cc1)CC2. The normalized spacial score (nSPS) is 14.9. The third kappa shape index (κ3) is 3.34. The van der Waals surface area contributed by atoms with Crippen LogP contribution in [-0.2, 0) is 27.8 Å². The highest BCUT2D eigenvalue weighted by Gasteiger charge is 2.28. The van der Waals surface area contributed by atoms with Crippen LogP contribution in [0.2, 0.25) is 0 Å². The Bertz CT molecular complexity index is 874. The van der Waals surface area contributed by atoms with Gasteiger partial charge in [-0.15, -0.1) is 0 Å². The van der Waals surface area contributed by atoms with E-state index in [1.807, 2.05) is 25.1 Å². The molecule has 0 bridgehead atoms. The van der Waals surface area contributed by atoms with Crippen molar-refractivity contribution in [1.29, 1.82) is 0 Å². The van der Waals surface area contributed by atoms with Gasteiger partial charge in [0.05, 0.1) is 4.90 Å². The monoisotopic (exact) mass is 344 g/mol. The first-order valence-corrected chi connectivity index (χ1v) is 9.26. The number of hydrogen-bond acceptors (Lipinski definition) is 3. The standard InChI is InChI=1S/C18H20N2O3S/c1-13-3-7-18(8-4-13)24(22,23)20-10-9-15-5-6-17(19-14(2)21)11-16(15)12-20/h3-8,11H,9-10,12H2,1-2H3,(H,19,21). The first-order chi connectivity index (χ1) is 11.4. The Hall–Kier alpha value is -2.18. The topological polar surface area (TPSA) is 66.5 Å². The molecule has 1 N–H and O–H groups in total. The number of aryl methyl sites for hydroxylation is 1. The maximum Gasteiger partial charge on any atom is 0.243 e. The fraction of sp³-hybridized carbons (Fsp3) is 0.278. The summed E-state index contributed by atoms with van der Waals surface area (Å²) >= 11 is 0. The van der Waals surface area contributed by atoms with E-state index in [1.54, 1.807) is 24.3 Å². The van der Waals surface area contributed by atoms with Gasteiger partial charge < -0.3 is 5.32 Å². The minimum absolute atomic E-state index is 0.144. The molecule has 3 rings (SSSR count). The number of fused-ring (bicyclic) bond motifs is 1. The summed E-state index contributed by atoms with van der Waals surface area (Å²) in [6, 6.07) is 12.6. The van der Waals surface area contributed by atoms with Gasteiger partial charge in [0.15, 0.2) is 0 Å². The Balaban J connectivity index is 1.88. The maximum atomic E-state index is 12.8. The van der Waals surface area contributed by atoms with E-state index in [0.29, 0.717) is 30.1 Å². The van der Waals surface area contributed by atoms with Crippen molar-refractivity contribution < 1.29 is 13.2 Å². The molecule has 0 saturated heterocycles. The van der Waals surface area contributed by atoms with Gasteiger partial charge in [-0.2, -0.15) is 4.31 Å². The van der Waals surface area contributed by atoms with Gasteiger partial charge in [-0.25, -0.2) is 8.42 Å². The van der Waals surface area contributed by atoms with Gasteiger partial charge in [-0.05, 0) is 48.7 Å². The van der Waals surface area contributed by atoms with Crippen LogP contribution in [0, 0.1) is 6.92 Å². The van der Waals surface area contributed by atoms with Gasteiger partial charge in [-0.1, -0.05) is 23.8 Å². The fourth-order valence-electron chi connectivity index (χ4n) is 2.88. The number of anilines is 1. The second-order valence-corrected chi connectivity index (χ2v) is 8.00. The van der Waals surface area contributed by atoms with Gasteiger partial charge >= 0.3 is 0 Å². The van der Waals surface area contributed by atoms with Gasteiger partial charge in [0.2, 0.25) is 15.9 Å². The minimum atomic E-state index is -3.51. The smallest absolute Gasteiger partial charge is 0.243 e. The van der Waals surface area contributed by atoms with Crippen molar-refractivity contribution in [3.05, 3.63) is 59.2 Å². The molecule has 6 heteroatoms. The van der Waals surface area contributed by atoms with Crippen molar-refractivity contribution in [3.63, 3.8) is 0 Å². The van der Waals surface area contributed by atoms with E-state index in [-0.39, 0.29) is 5.91 Å². The largest absolute Gasteiger partial charge is 0.326 e. The second kappa shape index (κ2) is 6.37. The number of rotatable bonds is 3. The molecule has 0 aliphatic carbocycles. The van der Waals surface area contributed by atoms with Gasteiger partial charge in [0, 0.05) is 25.7 Å². The molecular weight excluding hydrogens is 324 g/mol. The van der Waals surface area contributed by atoms with Crippen LogP contribution in [0.15, 0.2) is 47.4 Å². The van der Waals surface area contributed by atoms with E-state index in [9.17, 15) is 13.2 Å². The van der Waals surface area contributed by atoms with Crippen LogP contribution in [0.3, 0.4) is 0 Å². The lowest BCUT2D eigenvalue weighted by atomic mass is 10.0. The third-order valence-corrected chi connectivity index (χ3v) is 6.02. The first kappa shape index (κ1) is 16.7. The van der Waals surface area contributed by atoms with Gasteiger partial charge in [0.25, 0.3) is 0 Å². The Morgan fingerprint density at radius 3 is 2.46 bits per heavy atom. The summed E-state index contributed by atoms with van der Waals surface area (Å²) in [4.78, 5) is 11.5. The number of amides is 1. The van der Waals surface area contributed by atoms with E-state index in [0.717, 1.165) is 16.7 Å². The number of hydrogen-bond donors (Lipinski definition) is 1. The Kier molecular flexibility index (Phi) is 4.43. The van der Waals surface area contributed by atoms with E-state index >= 15 is 0 Å². The predicted molar refractivity (Wildman–Crippen MR) is 93.2 cm³/mol. The number of carbonyl (C=O) groups is 1. The number of nitrogens with zero attached hydrogens (tertiary/aromatic N) is 1. The third-order valence-electron chi connectivity index (χ3n) is 4.16. The molecule has 1 heterocycles. The lowest BCUT2D eigenvalue weighted by Crippen LogP contribution is -2.36. The summed E-state index contributed by atoms with van der Waals surface area (Å²) in [7, 11) is -3.51. The molecule has 24 heavy (non-hydrogen) atoms. The molecule has 0 unspecified atom stereocenters. The van der Waals surface area contributed by atoms with Crippen LogP contribution in [0.5, 0.6) is 0 Å². The highest BCUT2D eigenvalue weighted by atomic mass is 32.2. The number of carbonyl (C=O) groups excluding carboxylic acids is 1. The van der Waals surface area contributed by atoms with Crippen LogP contribution >= 0.6 is 0 Å². The minimum Gasteiger partial charge on any atom is -0.326 e. The number of nitrogens with one attached hydrogen (secondary N) is 1. The summed E-state index contributed by atoms with van der Waals surface area (Å²) in [5.41, 5.74) is 3.77. The lowest BCUT2D eigenvalue weighted by molar-refractivity contribution is -0.114. The van der Waals surface area contributed by atoms with Crippen LogP contribution in [-0.4, -0.2) is 25.2 Å². The van der Waals surface area contributed by atoms with Crippen LogP contribution in [0.25, 0.3) is 0 Å². The fourth-order valence-corrected chi connectivity index (χ4v) is 4.30. The lowest BCUT2D eigenvalue weighted by Gasteiger charge is -2.28. The summed E-state index contributed by atoms with van der Waals surface area (Å²) in [5.74, 6) is -0.144. The molecule has 0 fully saturated rings. The molecule has 1 aliphatic heterocycles. The molecule has 1 amide bonds. The molecule has 1 aliphatic rings. The molecule has 0 spiro atoms. The maximum absolute atomic E-state index is 12.8. The van der Waals surface area contributed by atoms with Crippen molar-refractivity contribution in [2.45, 2.75) is 31.7 Å². The van der Waals surface area contributed by atoms with E-state index in [1.165, 1.54) is 11.2 Å². The zero-order chi connectivity index (χ0) is 17.3. The average molecular weight is 344 g/mol. The summed E-state index contributed by atoms with van der Waals surface area (Å²) < 4.78 is 27.2. The highest BCUT2D eigenvalue weighted by molar-refractivity contribution is 7.89. The Labute approximate surface area is 142 Å². The molecule has 0 atom stereocenters. The summed E-state index contributed by atoms with van der Waals surface area (Å²) in [6.07, 6.45) is 0.667. The zero-order valence-corrected chi connectivity index (χ0v) is 14.6. The molecule has 2 aromatic rings. The molecule has 0 radical (unpaired) electrons. The highest BCUT2D eigenvalue weighted by Crippen LogP contribution is 2.27. The van der Waals surface area contributed by atoms with Crippen molar-refractivity contribution in [2.24, 2.45) is 0 Å². The first-order valence-electron chi connectivity index (χ1n) is 7.82. The van der Waals surface area contributed by atoms with Crippen LogP contribution in [0.1, 0.15) is 23.6 Å². The van der Waals surface area contributed by atoms with Crippen molar-refractivity contribution in [2.75, 3.05) is 11.9 Å². The van der Waals surface area contributed by atoms with E-state index < -0.39 is 10.0 Å². The van der Waals surface area contributed by atoms with Gasteiger partial charge in [0.1, 0.15) is 0 Å². The molecule has 126 valence electrons. The molecule has 0 aromatic heterocycles. The van der Waals surface area contributed by atoms with Crippen LogP contribution in [0.4, 0.5) is 5.69 Å². The Morgan fingerprint density at radius 2 is 1.79 bits per heavy atom. The van der Waals surface area contributed by atoms with Crippen LogP contribution < -0.4 is 5.32 Å². The number of sulfonamides is 1. The van der Waals surface area contributed by atoms with Gasteiger partial charge in [-0.3, -0.25) is 4.79 Å². The molecule has 0 saturated carbocycles. The summed E-state index contributed by atoms with van der Waals surface area (Å²) in [5, 5.41) is 2.74. The second-order valence-electron chi connectivity index (χ2n) is 6.07. The van der Waals surface area contributed by atoms with E-state index in [4.69, 9.17) is 0 Å². The van der Waals surface area contributed by atoms with Crippen molar-refractivity contribution >= 4 is 21.6 Å². The van der Waals surface area contributed by atoms with E-state index in [2.05, 4.69) is 5.32 Å². The zero-order valence-electron chi connectivity index (χ0n) is 13.7.